The van der Waals surface area contributed by atoms with Crippen molar-refractivity contribution in [2.75, 3.05) is 6.61 Å². The quantitative estimate of drug-likeness (QED) is 0.115. The number of halogens is 7. The van der Waals surface area contributed by atoms with Gasteiger partial charge in [0.1, 0.15) is 6.04 Å². The van der Waals surface area contributed by atoms with Crippen molar-refractivity contribution in [3.05, 3.63) is 106 Å². The lowest BCUT2D eigenvalue weighted by Crippen LogP contribution is -2.36. The number of alkyl halides is 5. The van der Waals surface area contributed by atoms with Gasteiger partial charge in [-0.2, -0.15) is 31.8 Å². The standard InChI is InChI=1S/C28H19ClF6N6O4/c29-19-6-8-22(40-14-23(37-38-40)28(33,34)35)24(25(19)30)17-5-7-21(41(44)13-17)20(9-10-45-27(31)32)39-12-18(11-36-39)15-1-3-16(4-2-15)26(42)43/h1-8,11-14,20,27H,9-10H2,(H,42,43)/p+1/t20-/m1/s1. The first-order valence-corrected chi connectivity index (χ1v) is 13.2. The Morgan fingerprint density at radius 3 is 2.40 bits per heavy atom. The molecule has 17 heteroatoms. The lowest BCUT2D eigenvalue weighted by atomic mass is 10.0. The number of carboxylic acid groups (broad SMARTS) is 1. The molecule has 5 aromatic rings. The van der Waals surface area contributed by atoms with Crippen LogP contribution in [0, 0.1) is 11.0 Å². The molecule has 0 aliphatic rings. The molecule has 0 aliphatic heterocycles. The van der Waals surface area contributed by atoms with Crippen molar-refractivity contribution in [1.82, 2.24) is 20.1 Å². The molecular formula is C28H20ClF6N6O4+. The van der Waals surface area contributed by atoms with Gasteiger partial charge in [0, 0.05) is 24.2 Å². The second-order valence-corrected chi connectivity index (χ2v) is 9.95. The monoisotopic (exact) mass is 653 g/mol. The number of pyridine rings is 1. The Kier molecular flexibility index (Phi) is 8.79. The van der Waals surface area contributed by atoms with E-state index in [1.54, 1.807) is 12.1 Å². The summed E-state index contributed by atoms with van der Waals surface area (Å²) < 4.78 is 87.3. The van der Waals surface area contributed by atoms with Crippen molar-refractivity contribution in [3.8, 4) is 27.9 Å². The van der Waals surface area contributed by atoms with Crippen LogP contribution in [0.4, 0.5) is 26.3 Å². The average Bonchev–Trinajstić information content (AvgIpc) is 3.68. The number of nitrogens with zero attached hydrogens (tertiary/aromatic N) is 5. The van der Waals surface area contributed by atoms with E-state index in [9.17, 15) is 32.0 Å². The fourth-order valence-electron chi connectivity index (χ4n) is 4.61. The average molecular weight is 654 g/mol. The van der Waals surface area contributed by atoms with E-state index in [0.29, 0.717) is 22.1 Å². The Balaban J connectivity index is 1.53. The Morgan fingerprint density at radius 2 is 1.78 bits per heavy atom. The van der Waals surface area contributed by atoms with E-state index in [2.05, 4.69) is 20.1 Å². The minimum atomic E-state index is -4.79. The SMILES string of the molecule is O=C(O)c1ccc(-c2cnn([C@H](CCOC(F)F)c3ccc(-c4c(-[n+]5cc(C(F)(F)F)n[nH]5)ccc(Cl)c4F)c[n+]3[O-])c2)cc1. The summed E-state index contributed by atoms with van der Waals surface area (Å²) in [4.78, 5) is 11.2. The van der Waals surface area contributed by atoms with Crippen molar-refractivity contribution in [1.29, 1.82) is 0 Å². The molecule has 0 unspecified atom stereocenters. The number of hydrogen-bond acceptors (Lipinski definition) is 5. The third-order valence-electron chi connectivity index (χ3n) is 6.75. The highest BCUT2D eigenvalue weighted by Gasteiger charge is 2.41. The van der Waals surface area contributed by atoms with Crippen LogP contribution in [0.5, 0.6) is 0 Å². The number of hydrogen-bond donors (Lipinski definition) is 2. The maximum Gasteiger partial charge on any atom is 0.464 e. The largest absolute Gasteiger partial charge is 0.618 e. The predicted molar refractivity (Wildman–Crippen MR) is 144 cm³/mol. The van der Waals surface area contributed by atoms with Crippen LogP contribution in [0.15, 0.2) is 73.3 Å². The zero-order chi connectivity index (χ0) is 32.5. The number of H-pyrrole nitrogens is 1. The van der Waals surface area contributed by atoms with Gasteiger partial charge in [0.05, 0.1) is 39.6 Å². The molecule has 0 bridgehead atoms. The Labute approximate surface area is 254 Å². The molecule has 3 heterocycles. The first-order valence-electron chi connectivity index (χ1n) is 12.9. The van der Waals surface area contributed by atoms with Gasteiger partial charge in [-0.05, 0) is 35.9 Å². The summed E-state index contributed by atoms with van der Waals surface area (Å²) in [6.07, 6.45) is -0.403. The summed E-state index contributed by atoms with van der Waals surface area (Å²) in [6.45, 7) is -3.55. The van der Waals surface area contributed by atoms with Gasteiger partial charge in [-0.1, -0.05) is 28.9 Å². The molecule has 2 aromatic carbocycles. The topological polar surface area (TPSA) is 124 Å². The molecule has 0 fully saturated rings. The zero-order valence-electron chi connectivity index (χ0n) is 22.6. The molecule has 0 saturated heterocycles. The van der Waals surface area contributed by atoms with E-state index in [4.69, 9.17) is 16.7 Å². The van der Waals surface area contributed by atoms with Crippen LogP contribution in [0.25, 0.3) is 27.9 Å². The summed E-state index contributed by atoms with van der Waals surface area (Å²) in [5.74, 6) is -2.14. The molecule has 5 rings (SSSR count). The van der Waals surface area contributed by atoms with E-state index in [1.165, 1.54) is 47.4 Å². The first-order chi connectivity index (χ1) is 21.3. The fraction of sp³-hybridized carbons (Fsp3) is 0.179. The van der Waals surface area contributed by atoms with Crippen molar-refractivity contribution < 1.29 is 50.4 Å². The van der Waals surface area contributed by atoms with Gasteiger partial charge in [0.2, 0.25) is 5.69 Å². The number of aromatic nitrogens is 6. The smallest absolute Gasteiger partial charge is 0.464 e. The lowest BCUT2D eigenvalue weighted by Gasteiger charge is -2.18. The molecule has 0 aliphatic carbocycles. The van der Waals surface area contributed by atoms with E-state index in [-0.39, 0.29) is 39.5 Å². The highest BCUT2D eigenvalue weighted by Crippen LogP contribution is 2.33. The van der Waals surface area contributed by atoms with Crippen molar-refractivity contribution >= 4 is 17.6 Å². The molecule has 0 amide bonds. The van der Waals surface area contributed by atoms with Crippen LogP contribution >= 0.6 is 11.6 Å². The number of ether oxygens (including phenoxy) is 1. The minimum Gasteiger partial charge on any atom is -0.618 e. The highest BCUT2D eigenvalue weighted by atomic mass is 35.5. The van der Waals surface area contributed by atoms with E-state index < -0.39 is 42.9 Å². The van der Waals surface area contributed by atoms with E-state index >= 15 is 4.39 Å². The molecule has 0 radical (unpaired) electrons. The van der Waals surface area contributed by atoms with Gasteiger partial charge in [-0.25, -0.2) is 9.18 Å². The predicted octanol–water partition coefficient (Wildman–Crippen LogP) is 5.58. The van der Waals surface area contributed by atoms with Crippen molar-refractivity contribution in [2.45, 2.75) is 25.3 Å². The third-order valence-corrected chi connectivity index (χ3v) is 7.04. The van der Waals surface area contributed by atoms with Crippen molar-refractivity contribution in [2.24, 2.45) is 0 Å². The molecule has 1 atom stereocenters. The Morgan fingerprint density at radius 1 is 1.07 bits per heavy atom. The summed E-state index contributed by atoms with van der Waals surface area (Å²) in [5.41, 5.74) is -0.624. The normalized spacial score (nSPS) is 12.5. The van der Waals surface area contributed by atoms with Crippen LogP contribution < -0.4 is 9.41 Å². The molecule has 234 valence electrons. The molecular weight excluding hydrogens is 634 g/mol. The molecule has 45 heavy (non-hydrogen) atoms. The van der Waals surface area contributed by atoms with Crippen LogP contribution in [0.3, 0.4) is 0 Å². The van der Waals surface area contributed by atoms with Gasteiger partial charge in [0.25, 0.3) is 0 Å². The number of aromatic amines is 1. The van der Waals surface area contributed by atoms with E-state index in [0.717, 1.165) is 16.9 Å². The number of carbonyl (C=O) groups is 1. The summed E-state index contributed by atoms with van der Waals surface area (Å²) in [5, 5.41) is 31.8. The highest BCUT2D eigenvalue weighted by molar-refractivity contribution is 6.31. The number of aromatic carboxylic acids is 1. The van der Waals surface area contributed by atoms with E-state index in [1.807, 2.05) is 0 Å². The summed E-state index contributed by atoms with van der Waals surface area (Å²) in [6, 6.07) is 9.89. The first kappa shape index (κ1) is 31.5. The second-order valence-electron chi connectivity index (χ2n) is 9.55. The van der Waals surface area contributed by atoms with Crippen LogP contribution in [0.2, 0.25) is 5.02 Å². The fourth-order valence-corrected chi connectivity index (χ4v) is 4.77. The van der Waals surface area contributed by atoms with Gasteiger partial charge in [-0.3, -0.25) is 4.68 Å². The summed E-state index contributed by atoms with van der Waals surface area (Å²) in [7, 11) is 0. The maximum absolute atomic E-state index is 15.4. The summed E-state index contributed by atoms with van der Waals surface area (Å²) >= 11 is 5.97. The minimum absolute atomic E-state index is 0.00923. The number of rotatable bonds is 10. The van der Waals surface area contributed by atoms with Crippen LogP contribution in [-0.2, 0) is 10.9 Å². The molecule has 2 N–H and O–H groups in total. The Hall–Kier alpha value is -4.96. The number of nitrogens with one attached hydrogen (secondary N) is 1. The second kappa shape index (κ2) is 12.6. The van der Waals surface area contributed by atoms with Gasteiger partial charge < -0.3 is 15.1 Å². The lowest BCUT2D eigenvalue weighted by molar-refractivity contribution is -0.659. The molecule has 0 spiro atoms. The Bertz CT molecular complexity index is 1840. The van der Waals surface area contributed by atoms with Crippen molar-refractivity contribution in [3.63, 3.8) is 0 Å². The maximum atomic E-state index is 15.4. The number of benzene rings is 2. The van der Waals surface area contributed by atoms with Crippen LogP contribution in [-0.4, -0.2) is 44.4 Å². The van der Waals surface area contributed by atoms with Gasteiger partial charge >= 0.3 is 24.5 Å². The zero-order valence-corrected chi connectivity index (χ0v) is 23.3. The van der Waals surface area contributed by atoms with Crippen LogP contribution in [0.1, 0.15) is 34.2 Å². The molecule has 10 nitrogen and oxygen atoms in total. The number of carboxylic acids is 1. The molecule has 3 aromatic heterocycles. The third kappa shape index (κ3) is 6.76. The van der Waals surface area contributed by atoms with Gasteiger partial charge in [0.15, 0.2) is 23.9 Å². The van der Waals surface area contributed by atoms with Gasteiger partial charge in [-0.15, -0.1) is 4.68 Å². The molecule has 0 saturated carbocycles.